The fourth-order valence-electron chi connectivity index (χ4n) is 3.84. The van der Waals surface area contributed by atoms with Crippen LogP contribution >= 0.6 is 0 Å². The highest BCUT2D eigenvalue weighted by molar-refractivity contribution is 5.92. The van der Waals surface area contributed by atoms with Gasteiger partial charge in [0.15, 0.2) is 11.5 Å². The second-order valence-electron chi connectivity index (χ2n) is 7.60. The molecule has 0 saturated carbocycles. The molecule has 0 aliphatic carbocycles. The topological polar surface area (TPSA) is 86.4 Å². The highest BCUT2D eigenvalue weighted by Crippen LogP contribution is 2.38. The maximum absolute atomic E-state index is 12.6. The lowest BCUT2D eigenvalue weighted by atomic mass is 10.1. The minimum absolute atomic E-state index is 0.0355. The average Bonchev–Trinajstić information content (AvgIpc) is 3.19. The van der Waals surface area contributed by atoms with Crippen molar-refractivity contribution < 1.29 is 24.1 Å². The van der Waals surface area contributed by atoms with Crippen LogP contribution in [0.3, 0.4) is 0 Å². The van der Waals surface area contributed by atoms with E-state index in [9.17, 15) is 14.9 Å². The first-order valence-corrected chi connectivity index (χ1v) is 9.94. The number of hydrogen-bond donors (Lipinski definition) is 1. The molecule has 2 aliphatic heterocycles. The van der Waals surface area contributed by atoms with Crippen molar-refractivity contribution in [3.63, 3.8) is 0 Å². The molecule has 156 valence electrons. The maximum atomic E-state index is 12.6. The van der Waals surface area contributed by atoms with Gasteiger partial charge in [-0.3, -0.25) is 14.9 Å². The number of nitro benzene ring substituents is 1. The van der Waals surface area contributed by atoms with Crippen LogP contribution in [-0.2, 0) is 11.3 Å². The van der Waals surface area contributed by atoms with E-state index in [4.69, 9.17) is 9.47 Å². The summed E-state index contributed by atoms with van der Waals surface area (Å²) in [5, 5.41) is 11.4. The molecule has 2 heterocycles. The average molecular weight is 410 g/mol. The SMILES string of the molecule is Cc1cccc(C[NH+]2CCN(C(=O)/C=C/c3cc4c(cc3[N+](=O)[O-])OCO4)CC2)c1. The van der Waals surface area contributed by atoms with Crippen molar-refractivity contribution in [1.29, 1.82) is 0 Å². The van der Waals surface area contributed by atoms with Crippen molar-refractivity contribution >= 4 is 17.7 Å². The van der Waals surface area contributed by atoms with E-state index in [0.29, 0.717) is 30.2 Å². The third-order valence-corrected chi connectivity index (χ3v) is 5.44. The Morgan fingerprint density at radius 2 is 1.93 bits per heavy atom. The summed E-state index contributed by atoms with van der Waals surface area (Å²) in [6, 6.07) is 11.4. The second-order valence-corrected chi connectivity index (χ2v) is 7.60. The van der Waals surface area contributed by atoms with Crippen molar-refractivity contribution in [2.45, 2.75) is 13.5 Å². The van der Waals surface area contributed by atoms with E-state index in [1.807, 2.05) is 0 Å². The number of nitro groups is 1. The zero-order valence-electron chi connectivity index (χ0n) is 16.8. The third-order valence-electron chi connectivity index (χ3n) is 5.44. The van der Waals surface area contributed by atoms with E-state index in [-0.39, 0.29) is 18.4 Å². The summed E-state index contributed by atoms with van der Waals surface area (Å²) >= 11 is 0. The number of carbonyl (C=O) groups excluding carboxylic acids is 1. The van der Waals surface area contributed by atoms with Crippen LogP contribution in [0.4, 0.5) is 5.69 Å². The number of rotatable bonds is 5. The van der Waals surface area contributed by atoms with Crippen LogP contribution in [0, 0.1) is 17.0 Å². The third kappa shape index (κ3) is 4.44. The van der Waals surface area contributed by atoms with Gasteiger partial charge in [0.05, 0.1) is 42.7 Å². The summed E-state index contributed by atoms with van der Waals surface area (Å²) in [4.78, 5) is 26.7. The van der Waals surface area contributed by atoms with E-state index < -0.39 is 4.92 Å². The minimum Gasteiger partial charge on any atom is -0.454 e. The lowest BCUT2D eigenvalue weighted by Crippen LogP contribution is -3.13. The molecule has 2 aromatic rings. The van der Waals surface area contributed by atoms with E-state index >= 15 is 0 Å². The maximum Gasteiger partial charge on any atom is 0.280 e. The Morgan fingerprint density at radius 3 is 2.63 bits per heavy atom. The summed E-state index contributed by atoms with van der Waals surface area (Å²) in [6.07, 6.45) is 2.88. The van der Waals surface area contributed by atoms with E-state index in [0.717, 1.165) is 19.6 Å². The summed E-state index contributed by atoms with van der Waals surface area (Å²) in [6.45, 7) is 6.14. The summed E-state index contributed by atoms with van der Waals surface area (Å²) < 4.78 is 10.5. The Bertz CT molecular complexity index is 996. The van der Waals surface area contributed by atoms with Gasteiger partial charge in [-0.1, -0.05) is 29.8 Å². The largest absolute Gasteiger partial charge is 0.454 e. The van der Waals surface area contributed by atoms with Gasteiger partial charge in [-0.05, 0) is 19.1 Å². The molecule has 4 rings (SSSR count). The monoisotopic (exact) mass is 410 g/mol. The molecule has 2 aromatic carbocycles. The van der Waals surface area contributed by atoms with Crippen LogP contribution in [0.1, 0.15) is 16.7 Å². The molecule has 8 heteroatoms. The summed E-state index contributed by atoms with van der Waals surface area (Å²) in [7, 11) is 0. The Balaban J connectivity index is 1.37. The van der Waals surface area contributed by atoms with Gasteiger partial charge in [-0.15, -0.1) is 0 Å². The van der Waals surface area contributed by atoms with Gasteiger partial charge in [-0.2, -0.15) is 0 Å². The first-order valence-electron chi connectivity index (χ1n) is 9.94. The number of nitrogens with zero attached hydrogens (tertiary/aromatic N) is 2. The van der Waals surface area contributed by atoms with Crippen molar-refractivity contribution in [3.05, 3.63) is 69.3 Å². The van der Waals surface area contributed by atoms with E-state index in [1.54, 1.807) is 4.90 Å². The number of amides is 1. The number of fused-ring (bicyclic) bond motifs is 1. The van der Waals surface area contributed by atoms with Crippen LogP contribution in [0.15, 0.2) is 42.5 Å². The highest BCUT2D eigenvalue weighted by atomic mass is 16.7. The van der Waals surface area contributed by atoms with E-state index in [2.05, 4.69) is 31.2 Å². The quantitative estimate of drug-likeness (QED) is 0.459. The molecule has 8 nitrogen and oxygen atoms in total. The molecule has 0 atom stereocenters. The summed E-state index contributed by atoms with van der Waals surface area (Å²) in [5.41, 5.74) is 2.76. The van der Waals surface area contributed by atoms with Crippen molar-refractivity contribution in [2.75, 3.05) is 33.0 Å². The number of piperazine rings is 1. The van der Waals surface area contributed by atoms with Gasteiger partial charge in [0.1, 0.15) is 6.54 Å². The fourth-order valence-corrected chi connectivity index (χ4v) is 3.84. The molecule has 2 aliphatic rings. The zero-order valence-corrected chi connectivity index (χ0v) is 16.8. The highest BCUT2D eigenvalue weighted by Gasteiger charge is 2.24. The van der Waals surface area contributed by atoms with Crippen LogP contribution in [-0.4, -0.2) is 48.7 Å². The van der Waals surface area contributed by atoms with Crippen LogP contribution in [0.25, 0.3) is 6.08 Å². The van der Waals surface area contributed by atoms with Crippen molar-refractivity contribution in [3.8, 4) is 11.5 Å². The Hall–Kier alpha value is -3.39. The van der Waals surface area contributed by atoms with Crippen molar-refractivity contribution in [2.24, 2.45) is 0 Å². The molecule has 0 unspecified atom stereocenters. The number of quaternary nitrogens is 1. The lowest BCUT2D eigenvalue weighted by Gasteiger charge is -2.31. The summed E-state index contributed by atoms with van der Waals surface area (Å²) in [5.74, 6) is 0.649. The van der Waals surface area contributed by atoms with Crippen LogP contribution in [0.5, 0.6) is 11.5 Å². The van der Waals surface area contributed by atoms with Gasteiger partial charge in [-0.25, -0.2) is 0 Å². The molecule has 0 spiro atoms. The minimum atomic E-state index is -0.487. The van der Waals surface area contributed by atoms with Gasteiger partial charge < -0.3 is 19.3 Å². The smallest absolute Gasteiger partial charge is 0.280 e. The molecule has 0 radical (unpaired) electrons. The Labute approximate surface area is 174 Å². The lowest BCUT2D eigenvalue weighted by molar-refractivity contribution is -0.917. The number of ether oxygens (including phenoxy) is 2. The fraction of sp³-hybridized carbons (Fsp3) is 0.318. The Kier molecular flexibility index (Phi) is 5.67. The van der Waals surface area contributed by atoms with Gasteiger partial charge in [0.25, 0.3) is 5.69 Å². The normalized spacial score (nSPS) is 16.2. The molecule has 1 fully saturated rings. The number of nitrogens with one attached hydrogen (secondary N) is 1. The zero-order chi connectivity index (χ0) is 21.1. The standard InChI is InChI=1S/C22H23N3O5/c1-16-3-2-4-17(11-16)14-23-7-9-24(10-8-23)22(26)6-5-18-12-20-21(30-15-29-20)13-19(18)25(27)28/h2-6,11-13H,7-10,14-15H2,1H3/p+1/b6-5+. The van der Waals surface area contributed by atoms with E-state index in [1.165, 1.54) is 40.3 Å². The van der Waals surface area contributed by atoms with Gasteiger partial charge in [0.2, 0.25) is 12.7 Å². The number of carbonyl (C=O) groups is 1. The number of hydrogen-bond acceptors (Lipinski definition) is 5. The van der Waals surface area contributed by atoms with Crippen LogP contribution in [0.2, 0.25) is 0 Å². The van der Waals surface area contributed by atoms with Gasteiger partial charge in [0, 0.05) is 11.6 Å². The first-order chi connectivity index (χ1) is 14.5. The molecule has 0 aromatic heterocycles. The molecule has 30 heavy (non-hydrogen) atoms. The second kappa shape index (κ2) is 8.54. The molecular weight excluding hydrogens is 386 g/mol. The molecule has 0 bridgehead atoms. The van der Waals surface area contributed by atoms with Crippen molar-refractivity contribution in [1.82, 2.24) is 4.90 Å². The first kappa shape index (κ1) is 19.9. The number of aryl methyl sites for hydroxylation is 1. The molecule has 1 amide bonds. The predicted molar refractivity (Wildman–Crippen MR) is 110 cm³/mol. The molecule has 1 N–H and O–H groups in total. The Morgan fingerprint density at radius 1 is 1.20 bits per heavy atom. The predicted octanol–water partition coefficient (Wildman–Crippen LogP) is 1.57. The number of benzene rings is 2. The van der Waals surface area contributed by atoms with Crippen LogP contribution < -0.4 is 14.4 Å². The van der Waals surface area contributed by atoms with Gasteiger partial charge >= 0.3 is 0 Å². The molecule has 1 saturated heterocycles. The molecular formula is C22H24N3O5+.